The molecule has 2 rings (SSSR count). The lowest BCUT2D eigenvalue weighted by molar-refractivity contribution is 0.571. The van der Waals surface area contributed by atoms with Crippen LogP contribution >= 0.6 is 0 Å². The van der Waals surface area contributed by atoms with Gasteiger partial charge in [-0.2, -0.15) is 0 Å². The van der Waals surface area contributed by atoms with E-state index in [0.717, 1.165) is 12.1 Å². The largest absolute Gasteiger partial charge is 0.306 e. The Labute approximate surface area is 139 Å². The number of nitrogens with one attached hydrogen (secondary N) is 2. The molecule has 2 N–H and O–H groups in total. The van der Waals surface area contributed by atoms with Gasteiger partial charge in [0, 0.05) is 12.6 Å². The molecule has 5 heteroatoms. The van der Waals surface area contributed by atoms with Crippen LogP contribution in [0.15, 0.2) is 47.4 Å². The molecule has 4 nitrogen and oxygen atoms in total. The van der Waals surface area contributed by atoms with Gasteiger partial charge in [-0.05, 0) is 62.2 Å². The fourth-order valence-electron chi connectivity index (χ4n) is 2.37. The van der Waals surface area contributed by atoms with E-state index in [9.17, 15) is 8.42 Å². The lowest BCUT2D eigenvalue weighted by Gasteiger charge is -2.16. The smallest absolute Gasteiger partial charge is 0.240 e. The van der Waals surface area contributed by atoms with Crippen molar-refractivity contribution in [2.24, 2.45) is 0 Å². The Hall–Kier alpha value is -1.69. The highest BCUT2D eigenvalue weighted by molar-refractivity contribution is 7.89. The Morgan fingerprint density at radius 3 is 2.43 bits per heavy atom. The summed E-state index contributed by atoms with van der Waals surface area (Å²) in [6, 6.07) is 13.5. The summed E-state index contributed by atoms with van der Waals surface area (Å²) < 4.78 is 26.1. The maximum Gasteiger partial charge on any atom is 0.240 e. The molecule has 0 amide bonds. The Kier molecular flexibility index (Phi) is 5.57. The highest BCUT2D eigenvalue weighted by atomic mass is 32.2. The fourth-order valence-corrected chi connectivity index (χ4v) is 3.16. The molecule has 0 unspecified atom stereocenters. The molecule has 0 radical (unpaired) electrons. The SMILES string of the molecule is CNS(=O)(=O)c1cccc([C@@H](C)NCc2ccc(C)c(C)c2)c1. The molecular weight excluding hydrogens is 308 g/mol. The predicted octanol–water partition coefficient (Wildman–Crippen LogP) is 3.06. The van der Waals surface area contributed by atoms with Gasteiger partial charge in [-0.1, -0.05) is 30.3 Å². The molecule has 0 aliphatic heterocycles. The molecule has 0 bridgehead atoms. The Balaban J connectivity index is 2.10. The van der Waals surface area contributed by atoms with Crippen LogP contribution < -0.4 is 10.0 Å². The van der Waals surface area contributed by atoms with Crippen molar-refractivity contribution in [1.82, 2.24) is 10.0 Å². The molecule has 0 aliphatic rings. The summed E-state index contributed by atoms with van der Waals surface area (Å²) in [6.45, 7) is 6.98. The lowest BCUT2D eigenvalue weighted by Crippen LogP contribution is -2.21. The molecule has 0 heterocycles. The summed E-state index contributed by atoms with van der Waals surface area (Å²) in [5.41, 5.74) is 4.73. The van der Waals surface area contributed by atoms with Crippen molar-refractivity contribution in [3.05, 3.63) is 64.7 Å². The van der Waals surface area contributed by atoms with Crippen molar-refractivity contribution in [2.45, 2.75) is 38.3 Å². The minimum Gasteiger partial charge on any atom is -0.306 e. The molecule has 124 valence electrons. The van der Waals surface area contributed by atoms with Crippen LogP contribution in [0.4, 0.5) is 0 Å². The van der Waals surface area contributed by atoms with E-state index in [1.54, 1.807) is 18.2 Å². The molecule has 1 atom stereocenters. The van der Waals surface area contributed by atoms with Gasteiger partial charge in [0.2, 0.25) is 10.0 Å². The maximum atomic E-state index is 11.9. The van der Waals surface area contributed by atoms with Crippen LogP contribution in [0.5, 0.6) is 0 Å². The second-order valence-corrected chi connectivity index (χ2v) is 7.69. The highest BCUT2D eigenvalue weighted by Crippen LogP contribution is 2.18. The van der Waals surface area contributed by atoms with Gasteiger partial charge in [0.1, 0.15) is 0 Å². The van der Waals surface area contributed by atoms with E-state index in [2.05, 4.69) is 42.1 Å². The molecule has 0 aliphatic carbocycles. The molecule has 0 saturated carbocycles. The maximum absolute atomic E-state index is 11.9. The van der Waals surface area contributed by atoms with Gasteiger partial charge in [-0.3, -0.25) is 0 Å². The zero-order valence-corrected chi connectivity index (χ0v) is 14.9. The number of sulfonamides is 1. The number of hydrogen-bond acceptors (Lipinski definition) is 3. The van der Waals surface area contributed by atoms with Gasteiger partial charge >= 0.3 is 0 Å². The summed E-state index contributed by atoms with van der Waals surface area (Å²) in [5, 5.41) is 3.44. The van der Waals surface area contributed by atoms with Crippen LogP contribution in [-0.2, 0) is 16.6 Å². The van der Waals surface area contributed by atoms with Crippen LogP contribution in [0.2, 0.25) is 0 Å². The van der Waals surface area contributed by atoms with E-state index in [0.29, 0.717) is 0 Å². The Bertz CT molecular complexity index is 785. The molecule has 0 fully saturated rings. The molecule has 0 aromatic heterocycles. The van der Waals surface area contributed by atoms with Crippen molar-refractivity contribution in [3.63, 3.8) is 0 Å². The molecule has 2 aromatic carbocycles. The Morgan fingerprint density at radius 2 is 1.78 bits per heavy atom. The van der Waals surface area contributed by atoms with Crippen LogP contribution in [0.25, 0.3) is 0 Å². The van der Waals surface area contributed by atoms with Crippen LogP contribution in [-0.4, -0.2) is 15.5 Å². The first-order chi connectivity index (χ1) is 10.8. The molecular formula is C18H24N2O2S. The predicted molar refractivity (Wildman–Crippen MR) is 93.9 cm³/mol. The zero-order valence-electron chi connectivity index (χ0n) is 14.1. The third-order valence-corrected chi connectivity index (χ3v) is 5.53. The first-order valence-electron chi connectivity index (χ1n) is 7.66. The van der Waals surface area contributed by atoms with Gasteiger partial charge in [-0.25, -0.2) is 13.1 Å². The van der Waals surface area contributed by atoms with Crippen molar-refractivity contribution in [1.29, 1.82) is 0 Å². The lowest BCUT2D eigenvalue weighted by atomic mass is 10.1. The van der Waals surface area contributed by atoms with E-state index >= 15 is 0 Å². The van der Waals surface area contributed by atoms with Crippen molar-refractivity contribution in [2.75, 3.05) is 7.05 Å². The van der Waals surface area contributed by atoms with Crippen molar-refractivity contribution in [3.8, 4) is 0 Å². The fraction of sp³-hybridized carbons (Fsp3) is 0.333. The van der Waals surface area contributed by atoms with Crippen molar-refractivity contribution >= 4 is 10.0 Å². The first-order valence-corrected chi connectivity index (χ1v) is 9.15. The summed E-state index contributed by atoms with van der Waals surface area (Å²) >= 11 is 0. The van der Waals surface area contributed by atoms with Crippen LogP contribution in [0.1, 0.15) is 35.2 Å². The van der Waals surface area contributed by atoms with E-state index in [1.807, 2.05) is 13.0 Å². The van der Waals surface area contributed by atoms with Gasteiger partial charge in [0.25, 0.3) is 0 Å². The number of aryl methyl sites for hydroxylation is 2. The summed E-state index contributed by atoms with van der Waals surface area (Å²) in [6.07, 6.45) is 0. The van der Waals surface area contributed by atoms with Gasteiger partial charge in [0.15, 0.2) is 0 Å². The van der Waals surface area contributed by atoms with E-state index in [4.69, 9.17) is 0 Å². The van der Waals surface area contributed by atoms with E-state index in [-0.39, 0.29) is 10.9 Å². The van der Waals surface area contributed by atoms with Crippen molar-refractivity contribution < 1.29 is 8.42 Å². The van der Waals surface area contributed by atoms with Gasteiger partial charge in [-0.15, -0.1) is 0 Å². The van der Waals surface area contributed by atoms with Gasteiger partial charge < -0.3 is 5.32 Å². The third kappa shape index (κ3) is 4.41. The van der Waals surface area contributed by atoms with Gasteiger partial charge in [0.05, 0.1) is 4.90 Å². The molecule has 0 saturated heterocycles. The monoisotopic (exact) mass is 332 g/mol. The topological polar surface area (TPSA) is 58.2 Å². The summed E-state index contributed by atoms with van der Waals surface area (Å²) in [5.74, 6) is 0. The average molecular weight is 332 g/mol. The number of benzene rings is 2. The van der Waals surface area contributed by atoms with E-state index in [1.165, 1.54) is 23.7 Å². The van der Waals surface area contributed by atoms with Crippen LogP contribution in [0, 0.1) is 13.8 Å². The summed E-state index contributed by atoms with van der Waals surface area (Å²) in [7, 11) is -1.99. The third-order valence-electron chi connectivity index (χ3n) is 4.12. The minimum atomic E-state index is -3.41. The van der Waals surface area contributed by atoms with Crippen LogP contribution in [0.3, 0.4) is 0 Å². The zero-order chi connectivity index (χ0) is 17.0. The summed E-state index contributed by atoms with van der Waals surface area (Å²) in [4.78, 5) is 0.289. The quantitative estimate of drug-likeness (QED) is 0.855. The minimum absolute atomic E-state index is 0.0589. The highest BCUT2D eigenvalue weighted by Gasteiger charge is 2.13. The molecule has 23 heavy (non-hydrogen) atoms. The number of hydrogen-bond donors (Lipinski definition) is 2. The second kappa shape index (κ2) is 7.25. The normalized spacial score (nSPS) is 13.0. The molecule has 0 spiro atoms. The average Bonchev–Trinajstić information content (AvgIpc) is 2.55. The Morgan fingerprint density at radius 1 is 1.04 bits per heavy atom. The first kappa shape index (κ1) is 17.7. The van der Waals surface area contributed by atoms with E-state index < -0.39 is 10.0 Å². The standard InChI is InChI=1S/C18H24N2O2S/c1-13-8-9-16(10-14(13)2)12-20-15(3)17-6-5-7-18(11-17)23(21,22)19-4/h5-11,15,19-20H,12H2,1-4H3/t15-/m1/s1. The molecule has 2 aromatic rings. The number of rotatable bonds is 6. The second-order valence-electron chi connectivity index (χ2n) is 5.80.